The summed E-state index contributed by atoms with van der Waals surface area (Å²) in [6.07, 6.45) is 3.43. The number of fused-ring (bicyclic) bond motifs is 1. The molecule has 10 heteroatoms. The first-order valence-electron chi connectivity index (χ1n) is 10.5. The molecule has 1 aliphatic heterocycles. The SMILES string of the molecule is COc1cc2ncnc(Nc3ccc(F)c(Cl)c3F)c2cc1OC1CCN(CC#CC=O)CC1. The second-order valence-corrected chi connectivity index (χ2v) is 8.00. The van der Waals surface area contributed by atoms with Crippen LogP contribution in [-0.4, -0.2) is 54.0 Å². The van der Waals surface area contributed by atoms with Crippen LogP contribution >= 0.6 is 11.6 Å². The number of halogens is 3. The van der Waals surface area contributed by atoms with Crippen LogP contribution in [0, 0.1) is 23.5 Å². The zero-order valence-corrected chi connectivity index (χ0v) is 19.0. The topological polar surface area (TPSA) is 76.6 Å². The summed E-state index contributed by atoms with van der Waals surface area (Å²) >= 11 is 5.70. The second kappa shape index (κ2) is 10.6. The molecule has 0 radical (unpaired) electrons. The van der Waals surface area contributed by atoms with Gasteiger partial charge < -0.3 is 14.8 Å². The van der Waals surface area contributed by atoms with Gasteiger partial charge in [0.1, 0.15) is 29.1 Å². The molecule has 3 aromatic rings. The van der Waals surface area contributed by atoms with E-state index in [0.29, 0.717) is 41.1 Å². The van der Waals surface area contributed by atoms with Crippen LogP contribution in [0.1, 0.15) is 12.8 Å². The van der Waals surface area contributed by atoms with Crippen LogP contribution in [0.5, 0.6) is 11.5 Å². The zero-order valence-electron chi connectivity index (χ0n) is 18.3. The highest BCUT2D eigenvalue weighted by Crippen LogP contribution is 2.37. The zero-order chi connectivity index (χ0) is 24.1. The molecule has 1 N–H and O–H groups in total. The molecule has 1 fully saturated rings. The van der Waals surface area contributed by atoms with Gasteiger partial charge >= 0.3 is 0 Å². The van der Waals surface area contributed by atoms with E-state index in [4.69, 9.17) is 21.1 Å². The number of methoxy groups -OCH3 is 1. The van der Waals surface area contributed by atoms with Gasteiger partial charge in [-0.25, -0.2) is 18.7 Å². The third-order valence-electron chi connectivity index (χ3n) is 5.50. The predicted octanol–water partition coefficient (Wildman–Crippen LogP) is 4.36. The third-order valence-corrected chi connectivity index (χ3v) is 5.85. The number of hydrogen-bond donors (Lipinski definition) is 1. The fourth-order valence-corrected chi connectivity index (χ4v) is 3.89. The Balaban J connectivity index is 1.57. The Labute approximate surface area is 200 Å². The van der Waals surface area contributed by atoms with Crippen LogP contribution in [0.15, 0.2) is 30.6 Å². The van der Waals surface area contributed by atoms with E-state index in [1.807, 2.05) is 0 Å². The molecule has 176 valence electrons. The van der Waals surface area contributed by atoms with Gasteiger partial charge in [-0.2, -0.15) is 0 Å². The van der Waals surface area contributed by atoms with Crippen LogP contribution in [0.25, 0.3) is 10.9 Å². The Morgan fingerprint density at radius 3 is 2.76 bits per heavy atom. The molecular weight excluding hydrogens is 466 g/mol. The Bertz CT molecular complexity index is 1270. The molecule has 1 saturated heterocycles. The highest BCUT2D eigenvalue weighted by atomic mass is 35.5. The second-order valence-electron chi connectivity index (χ2n) is 7.62. The third kappa shape index (κ3) is 5.19. The first kappa shape index (κ1) is 23.7. The summed E-state index contributed by atoms with van der Waals surface area (Å²) in [5, 5.41) is 2.83. The standard InChI is InChI=1S/C24H21ClF2N4O3/c1-33-20-13-19-16(12-21(20)34-15-6-9-31(10-7-15)8-2-3-11-32)24(29-14-28-19)30-18-5-4-17(26)22(25)23(18)27/h4-5,11-15H,6-10H2,1H3,(H,28,29,30). The highest BCUT2D eigenvalue weighted by molar-refractivity contribution is 6.31. The maximum absolute atomic E-state index is 14.4. The molecule has 1 aliphatic rings. The lowest BCUT2D eigenvalue weighted by atomic mass is 10.1. The molecule has 7 nitrogen and oxygen atoms in total. The van der Waals surface area contributed by atoms with E-state index in [1.165, 1.54) is 12.4 Å². The lowest BCUT2D eigenvalue weighted by molar-refractivity contribution is -0.103. The van der Waals surface area contributed by atoms with Crippen molar-refractivity contribution in [2.75, 3.05) is 32.1 Å². The summed E-state index contributed by atoms with van der Waals surface area (Å²) in [6, 6.07) is 5.78. The van der Waals surface area contributed by atoms with Gasteiger partial charge in [0.05, 0.1) is 24.9 Å². The Hall–Kier alpha value is -3.48. The number of hydrogen-bond acceptors (Lipinski definition) is 7. The van der Waals surface area contributed by atoms with E-state index >= 15 is 0 Å². The minimum Gasteiger partial charge on any atom is -0.493 e. The predicted molar refractivity (Wildman–Crippen MR) is 125 cm³/mol. The molecule has 0 amide bonds. The molecule has 34 heavy (non-hydrogen) atoms. The fraction of sp³-hybridized carbons (Fsp3) is 0.292. The maximum atomic E-state index is 14.4. The lowest BCUT2D eigenvalue weighted by Crippen LogP contribution is -2.38. The fourth-order valence-electron chi connectivity index (χ4n) is 3.73. The number of piperidine rings is 1. The van der Waals surface area contributed by atoms with Crippen LogP contribution in [0.3, 0.4) is 0 Å². The number of aromatic nitrogens is 2. The smallest absolute Gasteiger partial charge is 0.192 e. The van der Waals surface area contributed by atoms with Gasteiger partial charge in [0.2, 0.25) is 0 Å². The molecule has 1 aromatic heterocycles. The molecule has 0 saturated carbocycles. The van der Waals surface area contributed by atoms with Gasteiger partial charge in [-0.3, -0.25) is 9.69 Å². The number of benzene rings is 2. The summed E-state index contributed by atoms with van der Waals surface area (Å²) < 4.78 is 39.7. The number of nitrogens with one attached hydrogen (secondary N) is 1. The van der Waals surface area contributed by atoms with Gasteiger partial charge in [0.25, 0.3) is 0 Å². The minimum absolute atomic E-state index is 0.0188. The Morgan fingerprint density at radius 1 is 1.24 bits per heavy atom. The van der Waals surface area contributed by atoms with Gasteiger partial charge in [-0.15, -0.1) is 0 Å². The van der Waals surface area contributed by atoms with E-state index < -0.39 is 16.7 Å². The van der Waals surface area contributed by atoms with Crippen LogP contribution in [-0.2, 0) is 4.79 Å². The average molecular weight is 487 g/mol. The Kier molecular flexibility index (Phi) is 7.40. The summed E-state index contributed by atoms with van der Waals surface area (Å²) in [4.78, 5) is 21.0. The number of rotatable bonds is 6. The molecule has 2 aromatic carbocycles. The summed E-state index contributed by atoms with van der Waals surface area (Å²) in [5.74, 6) is 4.80. The number of anilines is 2. The molecule has 0 aliphatic carbocycles. The minimum atomic E-state index is -0.914. The van der Waals surface area contributed by atoms with Crippen molar-refractivity contribution in [1.29, 1.82) is 0 Å². The van der Waals surface area contributed by atoms with Gasteiger partial charge in [-0.05, 0) is 37.0 Å². The first-order valence-corrected chi connectivity index (χ1v) is 10.9. The van der Waals surface area contributed by atoms with Crippen LogP contribution in [0.2, 0.25) is 5.02 Å². The molecule has 4 rings (SSSR count). The van der Waals surface area contributed by atoms with E-state index in [2.05, 4.69) is 32.0 Å². The van der Waals surface area contributed by atoms with Crippen molar-refractivity contribution in [3.8, 4) is 23.3 Å². The number of carbonyl (C=O) groups is 1. The van der Waals surface area contributed by atoms with Crippen molar-refractivity contribution < 1.29 is 23.0 Å². The molecule has 2 heterocycles. The number of likely N-dealkylation sites (tertiary alicyclic amines) is 1. The van der Waals surface area contributed by atoms with Crippen molar-refractivity contribution in [3.63, 3.8) is 0 Å². The summed E-state index contributed by atoms with van der Waals surface area (Å²) in [5.41, 5.74) is 0.536. The monoisotopic (exact) mass is 486 g/mol. The lowest BCUT2D eigenvalue weighted by Gasteiger charge is -2.31. The van der Waals surface area contributed by atoms with E-state index in [9.17, 15) is 13.6 Å². The van der Waals surface area contributed by atoms with Crippen molar-refractivity contribution >= 4 is 40.3 Å². The summed E-state index contributed by atoms with van der Waals surface area (Å²) in [7, 11) is 1.54. The molecule has 0 bridgehead atoms. The number of ether oxygens (including phenoxy) is 2. The van der Waals surface area contributed by atoms with Gasteiger partial charge in [0.15, 0.2) is 23.6 Å². The molecule has 0 unspecified atom stereocenters. The maximum Gasteiger partial charge on any atom is 0.192 e. The molecule has 0 atom stereocenters. The van der Waals surface area contributed by atoms with Crippen molar-refractivity contribution in [2.45, 2.75) is 18.9 Å². The largest absolute Gasteiger partial charge is 0.493 e. The number of carbonyl (C=O) groups excluding carboxylic acids is 1. The van der Waals surface area contributed by atoms with Crippen LogP contribution in [0.4, 0.5) is 20.3 Å². The van der Waals surface area contributed by atoms with E-state index in [0.717, 1.165) is 32.0 Å². The van der Waals surface area contributed by atoms with E-state index in [-0.39, 0.29) is 11.8 Å². The van der Waals surface area contributed by atoms with Gasteiger partial charge in [0, 0.05) is 24.5 Å². The molecular formula is C24H21ClF2N4O3. The van der Waals surface area contributed by atoms with Crippen molar-refractivity contribution in [1.82, 2.24) is 14.9 Å². The Morgan fingerprint density at radius 2 is 2.03 bits per heavy atom. The highest BCUT2D eigenvalue weighted by Gasteiger charge is 2.22. The summed E-state index contributed by atoms with van der Waals surface area (Å²) in [6.45, 7) is 2.12. The number of aldehydes is 1. The quantitative estimate of drug-likeness (QED) is 0.315. The average Bonchev–Trinajstić information content (AvgIpc) is 2.85. The number of nitrogens with zero attached hydrogens (tertiary/aromatic N) is 3. The first-order chi connectivity index (χ1) is 16.5. The van der Waals surface area contributed by atoms with E-state index in [1.54, 1.807) is 19.2 Å². The van der Waals surface area contributed by atoms with Crippen molar-refractivity contribution in [3.05, 3.63) is 47.2 Å². The normalized spacial score (nSPS) is 14.4. The van der Waals surface area contributed by atoms with Crippen molar-refractivity contribution in [2.24, 2.45) is 0 Å². The molecule has 0 spiro atoms. The van der Waals surface area contributed by atoms with Crippen LogP contribution < -0.4 is 14.8 Å². The van der Waals surface area contributed by atoms with Gasteiger partial charge in [-0.1, -0.05) is 17.5 Å².